The van der Waals surface area contributed by atoms with Crippen LogP contribution in [-0.2, 0) is 7.05 Å². The van der Waals surface area contributed by atoms with Crippen molar-refractivity contribution in [2.24, 2.45) is 7.05 Å². The largest absolute Gasteiger partial charge is 0.369 e. The molecule has 0 saturated heterocycles. The summed E-state index contributed by atoms with van der Waals surface area (Å²) in [6, 6.07) is 1.45. The molecule has 0 aliphatic rings. The maximum Gasteiger partial charge on any atom is 0.221 e. The topological polar surface area (TPSA) is 50.2 Å². The minimum absolute atomic E-state index is 0.00402. The predicted octanol–water partition coefficient (Wildman–Crippen LogP) is 0.407. The molecule has 1 aromatic heterocycles. The molecule has 0 aromatic carbocycles. The zero-order chi connectivity index (χ0) is 11.4. The van der Waals surface area contributed by atoms with E-state index in [-0.39, 0.29) is 10.6 Å². The van der Waals surface area contributed by atoms with Gasteiger partial charge < -0.3 is 10.2 Å². The molecule has 1 N–H and O–H groups in total. The van der Waals surface area contributed by atoms with E-state index in [0.29, 0.717) is 5.82 Å². The molecule has 0 aliphatic heterocycles. The average Bonchev–Trinajstić information content (AvgIpc) is 2.13. The molecule has 0 unspecified atom stereocenters. The third-order valence-corrected chi connectivity index (χ3v) is 2.18. The lowest BCUT2D eigenvalue weighted by molar-refractivity contribution is 0.424. The number of hydrogen-bond donors (Lipinski definition) is 1. The van der Waals surface area contributed by atoms with Gasteiger partial charge in [-0.25, -0.2) is 0 Å². The first-order valence-corrected chi connectivity index (χ1v) is 5.01. The second-order valence-electron chi connectivity index (χ2n) is 3.54. The Hall–Kier alpha value is -1.07. The molecule has 0 spiro atoms. The van der Waals surface area contributed by atoms with E-state index in [1.165, 1.54) is 6.07 Å². The van der Waals surface area contributed by atoms with Crippen LogP contribution in [0.15, 0.2) is 10.9 Å². The number of nitrogens with one attached hydrogen (secondary N) is 1. The minimum Gasteiger partial charge on any atom is -0.369 e. The first-order chi connectivity index (χ1) is 7.00. The van der Waals surface area contributed by atoms with Gasteiger partial charge in [0.15, 0.2) is 5.15 Å². The standard InChI is InChI=1S/C9H15ClN4O/c1-13(2)5-4-11-8-6-7(15)9(10)12-14(8)3/h6,11H,4-5H2,1-3H3. The maximum absolute atomic E-state index is 11.2. The molecule has 0 amide bonds. The molecule has 84 valence electrons. The molecule has 1 rings (SSSR count). The third kappa shape index (κ3) is 3.53. The van der Waals surface area contributed by atoms with E-state index in [2.05, 4.69) is 15.3 Å². The van der Waals surface area contributed by atoms with Crippen LogP contribution in [0.5, 0.6) is 0 Å². The molecule has 0 atom stereocenters. The maximum atomic E-state index is 11.2. The first kappa shape index (κ1) is 12.0. The van der Waals surface area contributed by atoms with Gasteiger partial charge in [0.05, 0.1) is 0 Å². The van der Waals surface area contributed by atoms with E-state index in [4.69, 9.17) is 11.6 Å². The Morgan fingerprint density at radius 1 is 1.60 bits per heavy atom. The van der Waals surface area contributed by atoms with Crippen molar-refractivity contribution in [1.29, 1.82) is 0 Å². The van der Waals surface area contributed by atoms with Crippen LogP contribution in [0.3, 0.4) is 0 Å². The van der Waals surface area contributed by atoms with Gasteiger partial charge in [-0.3, -0.25) is 9.48 Å². The summed E-state index contributed by atoms with van der Waals surface area (Å²) in [5, 5.41) is 6.97. The first-order valence-electron chi connectivity index (χ1n) is 4.63. The van der Waals surface area contributed by atoms with Crippen LogP contribution >= 0.6 is 11.6 Å². The van der Waals surface area contributed by atoms with E-state index in [1.807, 2.05) is 14.1 Å². The fourth-order valence-corrected chi connectivity index (χ4v) is 1.25. The number of aryl methyl sites for hydroxylation is 1. The monoisotopic (exact) mass is 230 g/mol. The lowest BCUT2D eigenvalue weighted by atomic mass is 10.5. The minimum atomic E-state index is -0.262. The molecule has 15 heavy (non-hydrogen) atoms. The van der Waals surface area contributed by atoms with Crippen LogP contribution in [0.2, 0.25) is 5.15 Å². The molecule has 0 fully saturated rings. The van der Waals surface area contributed by atoms with E-state index < -0.39 is 0 Å². The van der Waals surface area contributed by atoms with Crippen LogP contribution in [0.4, 0.5) is 5.82 Å². The number of hydrogen-bond acceptors (Lipinski definition) is 4. The fourth-order valence-electron chi connectivity index (χ4n) is 1.09. The summed E-state index contributed by atoms with van der Waals surface area (Å²) in [5.74, 6) is 0.672. The van der Waals surface area contributed by atoms with Crippen molar-refractivity contribution >= 4 is 17.4 Å². The smallest absolute Gasteiger partial charge is 0.221 e. The quantitative estimate of drug-likeness (QED) is 0.814. The number of aromatic nitrogens is 2. The summed E-state index contributed by atoms with van der Waals surface area (Å²) in [6.45, 7) is 1.64. The Labute approximate surface area is 93.6 Å². The second-order valence-corrected chi connectivity index (χ2v) is 3.90. The highest BCUT2D eigenvalue weighted by molar-refractivity contribution is 6.29. The van der Waals surface area contributed by atoms with E-state index in [0.717, 1.165) is 13.1 Å². The van der Waals surface area contributed by atoms with Crippen LogP contribution in [-0.4, -0.2) is 41.9 Å². The zero-order valence-electron chi connectivity index (χ0n) is 9.12. The summed E-state index contributed by atoms with van der Waals surface area (Å²) in [7, 11) is 5.71. The van der Waals surface area contributed by atoms with Gasteiger partial charge in [0.2, 0.25) is 5.43 Å². The van der Waals surface area contributed by atoms with Gasteiger partial charge in [-0.1, -0.05) is 11.6 Å². The molecular weight excluding hydrogens is 216 g/mol. The Kier molecular flexibility index (Phi) is 4.11. The van der Waals surface area contributed by atoms with E-state index >= 15 is 0 Å². The Morgan fingerprint density at radius 3 is 2.87 bits per heavy atom. The summed E-state index contributed by atoms with van der Waals surface area (Å²) in [4.78, 5) is 13.3. The molecule has 0 aliphatic carbocycles. The molecule has 1 heterocycles. The van der Waals surface area contributed by atoms with Crippen LogP contribution < -0.4 is 10.7 Å². The Balaban J connectivity index is 2.69. The molecule has 0 bridgehead atoms. The van der Waals surface area contributed by atoms with Crippen molar-refractivity contribution in [3.05, 3.63) is 21.4 Å². The van der Waals surface area contributed by atoms with Gasteiger partial charge in [-0.05, 0) is 14.1 Å². The molecule has 1 aromatic rings. The van der Waals surface area contributed by atoms with Crippen molar-refractivity contribution in [2.75, 3.05) is 32.5 Å². The van der Waals surface area contributed by atoms with Crippen LogP contribution in [0.1, 0.15) is 0 Å². The van der Waals surface area contributed by atoms with Crippen LogP contribution in [0.25, 0.3) is 0 Å². The number of likely N-dealkylation sites (N-methyl/N-ethyl adjacent to an activating group) is 1. The molecule has 6 heteroatoms. The molecule has 0 saturated carbocycles. The summed E-state index contributed by atoms with van der Waals surface area (Å²) >= 11 is 5.59. The van der Waals surface area contributed by atoms with Crippen molar-refractivity contribution in [1.82, 2.24) is 14.7 Å². The van der Waals surface area contributed by atoms with Crippen molar-refractivity contribution in [3.8, 4) is 0 Å². The highest BCUT2D eigenvalue weighted by Gasteiger charge is 2.03. The van der Waals surface area contributed by atoms with Gasteiger partial charge in [-0.15, -0.1) is 0 Å². The lowest BCUT2D eigenvalue weighted by Crippen LogP contribution is -2.23. The summed E-state index contributed by atoms with van der Waals surface area (Å²) in [6.07, 6.45) is 0. The normalized spacial score (nSPS) is 10.7. The van der Waals surface area contributed by atoms with Gasteiger partial charge in [0.25, 0.3) is 0 Å². The molecule has 0 radical (unpaired) electrons. The number of anilines is 1. The summed E-state index contributed by atoms with van der Waals surface area (Å²) < 4.78 is 1.55. The van der Waals surface area contributed by atoms with Crippen molar-refractivity contribution in [3.63, 3.8) is 0 Å². The second kappa shape index (κ2) is 5.14. The van der Waals surface area contributed by atoms with Gasteiger partial charge >= 0.3 is 0 Å². The van der Waals surface area contributed by atoms with Gasteiger partial charge in [-0.2, -0.15) is 5.10 Å². The Bertz CT molecular complexity index is 388. The number of rotatable bonds is 4. The number of halogens is 1. The predicted molar refractivity (Wildman–Crippen MR) is 61.5 cm³/mol. The molecule has 5 nitrogen and oxygen atoms in total. The van der Waals surface area contributed by atoms with E-state index in [1.54, 1.807) is 11.7 Å². The highest BCUT2D eigenvalue weighted by Crippen LogP contribution is 2.03. The molecular formula is C9H15ClN4O. The number of nitrogens with zero attached hydrogens (tertiary/aromatic N) is 3. The SMILES string of the molecule is CN(C)CCNc1cc(=O)c(Cl)nn1C. The van der Waals surface area contributed by atoms with Crippen molar-refractivity contribution in [2.45, 2.75) is 0 Å². The van der Waals surface area contributed by atoms with E-state index in [9.17, 15) is 4.79 Å². The third-order valence-electron chi connectivity index (χ3n) is 1.92. The van der Waals surface area contributed by atoms with Gasteiger partial charge in [0, 0.05) is 26.2 Å². The fraction of sp³-hybridized carbons (Fsp3) is 0.556. The van der Waals surface area contributed by atoms with Gasteiger partial charge in [0.1, 0.15) is 5.82 Å². The van der Waals surface area contributed by atoms with Crippen molar-refractivity contribution < 1.29 is 0 Å². The Morgan fingerprint density at radius 2 is 2.27 bits per heavy atom. The highest BCUT2D eigenvalue weighted by atomic mass is 35.5. The average molecular weight is 231 g/mol. The summed E-state index contributed by atoms with van der Waals surface area (Å²) in [5.41, 5.74) is -0.262. The van der Waals surface area contributed by atoms with Crippen LogP contribution in [0, 0.1) is 0 Å². The lowest BCUT2D eigenvalue weighted by Gasteiger charge is -2.13. The zero-order valence-corrected chi connectivity index (χ0v) is 9.88.